The first-order chi connectivity index (χ1) is 11.8. The summed E-state index contributed by atoms with van der Waals surface area (Å²) in [6, 6.07) is 11.5. The molecule has 7 heteroatoms. The van der Waals surface area contributed by atoms with Gasteiger partial charge in [-0.15, -0.1) is 0 Å². The number of carbonyl (C=O) groups excluding carboxylic acids is 1. The lowest BCUT2D eigenvalue weighted by Crippen LogP contribution is -2.14. The quantitative estimate of drug-likeness (QED) is 0.765. The molecule has 0 spiro atoms. The number of methoxy groups -OCH3 is 1. The Kier molecular flexibility index (Phi) is 6.03. The van der Waals surface area contributed by atoms with Crippen LogP contribution in [0.3, 0.4) is 0 Å². The Labute approximate surface area is 147 Å². The smallest absolute Gasteiger partial charge is 0.308 e. The number of rotatable bonds is 7. The summed E-state index contributed by atoms with van der Waals surface area (Å²) in [7, 11) is -2.37. The van der Waals surface area contributed by atoms with Crippen molar-refractivity contribution in [1.82, 2.24) is 0 Å². The molecule has 2 aromatic rings. The fraction of sp³-hybridized carbons (Fsp3) is 0.278. The lowest BCUT2D eigenvalue weighted by molar-refractivity contribution is -0.141. The zero-order valence-electron chi connectivity index (χ0n) is 14.4. The molecule has 0 fully saturated rings. The van der Waals surface area contributed by atoms with E-state index in [1.807, 2.05) is 26.0 Å². The van der Waals surface area contributed by atoms with Crippen molar-refractivity contribution in [3.63, 3.8) is 0 Å². The normalized spacial score (nSPS) is 11.0. The van der Waals surface area contributed by atoms with Gasteiger partial charge in [-0.3, -0.25) is 9.52 Å². The highest BCUT2D eigenvalue weighted by Crippen LogP contribution is 2.22. The van der Waals surface area contributed by atoms with E-state index in [1.54, 1.807) is 18.2 Å². The number of anilines is 1. The number of esters is 1. The second-order valence-corrected chi connectivity index (χ2v) is 7.25. The van der Waals surface area contributed by atoms with E-state index in [0.29, 0.717) is 11.4 Å². The molecule has 0 aliphatic heterocycles. The molecule has 2 rings (SSSR count). The Hall–Kier alpha value is -2.54. The van der Waals surface area contributed by atoms with E-state index < -0.39 is 10.0 Å². The highest BCUT2D eigenvalue weighted by molar-refractivity contribution is 7.92. The van der Waals surface area contributed by atoms with Crippen LogP contribution in [0.2, 0.25) is 0 Å². The largest absolute Gasteiger partial charge is 0.493 e. The average Bonchev–Trinajstić information content (AvgIpc) is 2.57. The van der Waals surface area contributed by atoms with Crippen molar-refractivity contribution in [1.29, 1.82) is 0 Å². The van der Waals surface area contributed by atoms with Gasteiger partial charge in [-0.1, -0.05) is 17.7 Å². The van der Waals surface area contributed by atoms with Crippen molar-refractivity contribution in [2.45, 2.75) is 25.2 Å². The van der Waals surface area contributed by atoms with Gasteiger partial charge in [-0.2, -0.15) is 0 Å². The van der Waals surface area contributed by atoms with Crippen molar-refractivity contribution in [3.05, 3.63) is 53.6 Å². The Balaban J connectivity index is 2.05. The monoisotopic (exact) mass is 363 g/mol. The molecule has 0 unspecified atom stereocenters. The van der Waals surface area contributed by atoms with Gasteiger partial charge in [0.25, 0.3) is 10.0 Å². The summed E-state index contributed by atoms with van der Waals surface area (Å²) in [6.07, 6.45) is 0.130. The zero-order chi connectivity index (χ0) is 18.4. The van der Waals surface area contributed by atoms with Crippen LogP contribution in [0.1, 0.15) is 17.5 Å². The lowest BCUT2D eigenvalue weighted by Gasteiger charge is -2.12. The van der Waals surface area contributed by atoms with Crippen molar-refractivity contribution in [2.75, 3.05) is 18.4 Å². The minimum absolute atomic E-state index is 0.130. The minimum atomic E-state index is -3.68. The number of hydrogen-bond donors (Lipinski definition) is 1. The van der Waals surface area contributed by atoms with E-state index in [4.69, 9.17) is 4.74 Å². The molecule has 0 aromatic heterocycles. The third-order valence-corrected chi connectivity index (χ3v) is 4.94. The zero-order valence-corrected chi connectivity index (χ0v) is 15.2. The predicted octanol–water partition coefficient (Wildman–Crippen LogP) is 3.05. The molecule has 0 bridgehead atoms. The maximum absolute atomic E-state index is 12.5. The molecule has 0 radical (unpaired) electrons. The van der Waals surface area contributed by atoms with Crippen LogP contribution in [0, 0.1) is 13.8 Å². The first-order valence-electron chi connectivity index (χ1n) is 7.71. The van der Waals surface area contributed by atoms with Crippen molar-refractivity contribution >= 4 is 21.7 Å². The molecular weight excluding hydrogens is 342 g/mol. The Morgan fingerprint density at radius 3 is 2.36 bits per heavy atom. The maximum atomic E-state index is 12.5. The lowest BCUT2D eigenvalue weighted by atomic mass is 10.1. The fourth-order valence-corrected chi connectivity index (χ4v) is 3.33. The summed E-state index contributed by atoms with van der Waals surface area (Å²) < 4.78 is 37.4. The van der Waals surface area contributed by atoms with Gasteiger partial charge in [0, 0.05) is 0 Å². The first kappa shape index (κ1) is 18.8. The van der Waals surface area contributed by atoms with Crippen molar-refractivity contribution < 1.29 is 22.7 Å². The molecule has 0 heterocycles. The van der Waals surface area contributed by atoms with Crippen LogP contribution in [0.4, 0.5) is 5.69 Å². The van der Waals surface area contributed by atoms with E-state index >= 15 is 0 Å². The third kappa shape index (κ3) is 5.22. The van der Waals surface area contributed by atoms with Gasteiger partial charge < -0.3 is 9.47 Å². The van der Waals surface area contributed by atoms with Crippen molar-refractivity contribution in [3.8, 4) is 5.75 Å². The molecule has 134 valence electrons. The van der Waals surface area contributed by atoms with E-state index in [2.05, 4.69) is 9.46 Å². The first-order valence-corrected chi connectivity index (χ1v) is 9.20. The SMILES string of the molecule is COC(=O)CCOc1ccc(S(=O)(=O)Nc2ccc(C)cc2C)cc1. The second kappa shape index (κ2) is 8.02. The number of hydrogen-bond acceptors (Lipinski definition) is 5. The van der Waals surface area contributed by atoms with Gasteiger partial charge in [0.05, 0.1) is 30.7 Å². The molecular formula is C18H21NO5S. The van der Waals surface area contributed by atoms with E-state index in [9.17, 15) is 13.2 Å². The number of sulfonamides is 1. The molecule has 25 heavy (non-hydrogen) atoms. The topological polar surface area (TPSA) is 81.7 Å². The number of nitrogens with one attached hydrogen (secondary N) is 1. The summed E-state index contributed by atoms with van der Waals surface area (Å²) in [5.41, 5.74) is 2.46. The molecule has 0 aliphatic carbocycles. The second-order valence-electron chi connectivity index (χ2n) is 5.57. The van der Waals surface area contributed by atoms with Crippen LogP contribution in [0.15, 0.2) is 47.4 Å². The van der Waals surface area contributed by atoms with Gasteiger partial charge in [-0.25, -0.2) is 8.42 Å². The van der Waals surface area contributed by atoms with Gasteiger partial charge in [0.15, 0.2) is 0 Å². The Bertz CT molecular complexity index is 844. The summed E-state index contributed by atoms with van der Waals surface area (Å²) in [5.74, 6) is 0.117. The van der Waals surface area contributed by atoms with Crippen molar-refractivity contribution in [2.24, 2.45) is 0 Å². The van der Waals surface area contributed by atoms with E-state index in [-0.39, 0.29) is 23.9 Å². The molecule has 1 N–H and O–H groups in total. The molecule has 0 amide bonds. The highest BCUT2D eigenvalue weighted by atomic mass is 32.2. The average molecular weight is 363 g/mol. The van der Waals surface area contributed by atoms with Crippen LogP contribution in [0.5, 0.6) is 5.75 Å². The molecule has 0 saturated carbocycles. The maximum Gasteiger partial charge on any atom is 0.308 e. The third-order valence-electron chi connectivity index (χ3n) is 3.56. The Morgan fingerprint density at radius 1 is 1.08 bits per heavy atom. The van der Waals surface area contributed by atoms with E-state index in [1.165, 1.54) is 19.2 Å². The molecule has 2 aromatic carbocycles. The molecule has 0 saturated heterocycles. The Morgan fingerprint density at radius 2 is 1.76 bits per heavy atom. The number of carbonyl (C=O) groups is 1. The van der Waals surface area contributed by atoms with Crippen LogP contribution in [0.25, 0.3) is 0 Å². The van der Waals surface area contributed by atoms with Gasteiger partial charge in [0.2, 0.25) is 0 Å². The highest BCUT2D eigenvalue weighted by Gasteiger charge is 2.15. The van der Waals surface area contributed by atoms with E-state index in [0.717, 1.165) is 11.1 Å². The fourth-order valence-electron chi connectivity index (χ4n) is 2.20. The van der Waals surface area contributed by atoms with Crippen LogP contribution >= 0.6 is 0 Å². The summed E-state index contributed by atoms with van der Waals surface area (Å²) >= 11 is 0. The molecule has 0 atom stereocenters. The number of benzene rings is 2. The molecule has 6 nitrogen and oxygen atoms in total. The van der Waals surface area contributed by atoms with Crippen LogP contribution < -0.4 is 9.46 Å². The van der Waals surface area contributed by atoms with Gasteiger partial charge >= 0.3 is 5.97 Å². The van der Waals surface area contributed by atoms with Crippen LogP contribution in [-0.4, -0.2) is 28.1 Å². The number of ether oxygens (including phenoxy) is 2. The summed E-state index contributed by atoms with van der Waals surface area (Å²) in [5, 5.41) is 0. The van der Waals surface area contributed by atoms with Gasteiger partial charge in [0.1, 0.15) is 5.75 Å². The number of aryl methyl sites for hydroxylation is 2. The summed E-state index contributed by atoms with van der Waals surface area (Å²) in [6.45, 7) is 3.97. The predicted molar refractivity (Wildman–Crippen MR) is 95.3 cm³/mol. The van der Waals surface area contributed by atoms with Crippen LogP contribution in [-0.2, 0) is 19.6 Å². The summed E-state index contributed by atoms with van der Waals surface area (Å²) in [4.78, 5) is 11.2. The molecule has 0 aliphatic rings. The van der Waals surface area contributed by atoms with Gasteiger partial charge in [-0.05, 0) is 49.7 Å². The minimum Gasteiger partial charge on any atom is -0.493 e. The standard InChI is InChI=1S/C18H21NO5S/c1-13-4-9-17(14(2)12-13)19-25(21,22)16-7-5-15(6-8-16)24-11-10-18(20)23-3/h4-9,12,19H,10-11H2,1-3H3.